The van der Waals surface area contributed by atoms with Gasteiger partial charge in [-0.2, -0.15) is 5.10 Å². The molecule has 2 N–H and O–H groups in total. The topological polar surface area (TPSA) is 76.0 Å². The Kier molecular flexibility index (Phi) is 6.53. The average Bonchev–Trinajstić information content (AvgIpc) is 3.35. The van der Waals surface area contributed by atoms with E-state index < -0.39 is 5.91 Å². The molecular weight excluding hydrogens is 515 g/mol. The Labute approximate surface area is 221 Å². The van der Waals surface area contributed by atoms with Crippen molar-refractivity contribution in [1.82, 2.24) is 9.78 Å². The van der Waals surface area contributed by atoms with Gasteiger partial charge in [0.1, 0.15) is 4.88 Å². The van der Waals surface area contributed by atoms with Gasteiger partial charge in [0, 0.05) is 15.1 Å². The number of aromatic nitrogens is 2. The molecule has 0 unspecified atom stereocenters. The van der Waals surface area contributed by atoms with E-state index in [4.69, 9.17) is 23.2 Å². The third-order valence-corrected chi connectivity index (χ3v) is 7.64. The second kappa shape index (κ2) is 9.78. The number of carbonyl (C=O) groups excluding carboxylic acids is 2. The maximum atomic E-state index is 13.3. The highest BCUT2D eigenvalue weighted by molar-refractivity contribution is 7.21. The molecule has 2 aromatic heterocycles. The maximum Gasteiger partial charge on any atom is 0.267 e. The number of aryl methyl sites for hydroxylation is 1. The van der Waals surface area contributed by atoms with Crippen molar-refractivity contribution in [2.75, 3.05) is 10.6 Å². The van der Waals surface area contributed by atoms with Crippen LogP contribution < -0.4 is 10.6 Å². The van der Waals surface area contributed by atoms with E-state index in [2.05, 4.69) is 15.7 Å². The minimum Gasteiger partial charge on any atom is -0.320 e. The van der Waals surface area contributed by atoms with Crippen LogP contribution >= 0.6 is 34.5 Å². The maximum absolute atomic E-state index is 13.3. The number of thiophene rings is 1. The molecule has 5 rings (SSSR count). The quantitative estimate of drug-likeness (QED) is 0.245. The molecule has 0 atom stereocenters. The van der Waals surface area contributed by atoms with Crippen LogP contribution in [0.4, 0.5) is 11.4 Å². The van der Waals surface area contributed by atoms with E-state index in [1.54, 1.807) is 47.1 Å². The van der Waals surface area contributed by atoms with Crippen molar-refractivity contribution in [1.29, 1.82) is 0 Å². The Hall–Kier alpha value is -3.65. The van der Waals surface area contributed by atoms with Crippen LogP contribution in [-0.2, 0) is 0 Å². The molecule has 0 saturated heterocycles. The van der Waals surface area contributed by atoms with Crippen molar-refractivity contribution in [3.8, 4) is 5.69 Å². The van der Waals surface area contributed by atoms with Gasteiger partial charge < -0.3 is 10.6 Å². The molecule has 3 aromatic carbocycles. The molecule has 0 fully saturated rings. The van der Waals surface area contributed by atoms with Gasteiger partial charge in [0.2, 0.25) is 0 Å². The first-order chi connectivity index (χ1) is 17.3. The minimum atomic E-state index is -0.401. The number of anilines is 2. The lowest BCUT2D eigenvalue weighted by Crippen LogP contribution is -2.18. The third kappa shape index (κ3) is 4.48. The molecule has 0 aliphatic carbocycles. The van der Waals surface area contributed by atoms with Crippen molar-refractivity contribution in [3.05, 3.63) is 105 Å². The van der Waals surface area contributed by atoms with Crippen molar-refractivity contribution >= 4 is 67.8 Å². The van der Waals surface area contributed by atoms with Gasteiger partial charge in [-0.15, -0.1) is 11.3 Å². The number of amides is 2. The molecule has 9 heteroatoms. The Balaban J connectivity index is 1.41. The fraction of sp³-hybridized carbons (Fsp3) is 0.0741. The highest BCUT2D eigenvalue weighted by Gasteiger charge is 2.21. The second-order valence-electron chi connectivity index (χ2n) is 8.13. The molecular formula is C27H20Cl2N4O2S. The van der Waals surface area contributed by atoms with Crippen molar-refractivity contribution < 1.29 is 9.59 Å². The van der Waals surface area contributed by atoms with Crippen LogP contribution in [0.3, 0.4) is 0 Å². The number of fused-ring (bicyclic) bond motifs is 1. The molecule has 0 aliphatic rings. The van der Waals surface area contributed by atoms with E-state index in [0.29, 0.717) is 37.6 Å². The van der Waals surface area contributed by atoms with Crippen LogP contribution in [-0.4, -0.2) is 21.6 Å². The Morgan fingerprint density at radius 2 is 1.61 bits per heavy atom. The zero-order chi connectivity index (χ0) is 25.4. The number of carbonyl (C=O) groups is 2. The molecule has 6 nitrogen and oxygen atoms in total. The summed E-state index contributed by atoms with van der Waals surface area (Å²) in [6.07, 6.45) is 0. The molecule has 0 radical (unpaired) electrons. The summed E-state index contributed by atoms with van der Waals surface area (Å²) in [6, 6.07) is 21.8. The van der Waals surface area contributed by atoms with Gasteiger partial charge in [-0.1, -0.05) is 59.6 Å². The molecule has 0 spiro atoms. The standard InChI is InChI=1S/C27H20Cl2N4O2S/c1-15-24(16(2)33(32-15)18-8-4-3-5-9-18)31-26(34)19-10-6-7-11-21(19)30-27(35)25-23(29)20-13-12-17(28)14-22(20)36-25/h3-14H,1-2H3,(H,30,35)(H,31,34). The summed E-state index contributed by atoms with van der Waals surface area (Å²) in [4.78, 5) is 26.8. The summed E-state index contributed by atoms with van der Waals surface area (Å²) in [5.41, 5.74) is 3.68. The van der Waals surface area contributed by atoms with Gasteiger partial charge in [0.25, 0.3) is 11.8 Å². The number of halogens is 2. The van der Waals surface area contributed by atoms with Crippen LogP contribution in [0.15, 0.2) is 72.8 Å². The predicted molar refractivity (Wildman–Crippen MR) is 147 cm³/mol. The second-order valence-corrected chi connectivity index (χ2v) is 10.00. The monoisotopic (exact) mass is 534 g/mol. The number of benzene rings is 3. The zero-order valence-electron chi connectivity index (χ0n) is 19.3. The smallest absolute Gasteiger partial charge is 0.267 e. The van der Waals surface area contributed by atoms with E-state index >= 15 is 0 Å². The summed E-state index contributed by atoms with van der Waals surface area (Å²) in [6.45, 7) is 3.73. The van der Waals surface area contributed by atoms with Gasteiger partial charge >= 0.3 is 0 Å². The number of hydrogen-bond donors (Lipinski definition) is 2. The van der Waals surface area contributed by atoms with E-state index in [9.17, 15) is 9.59 Å². The van der Waals surface area contributed by atoms with E-state index in [0.717, 1.165) is 21.5 Å². The van der Waals surface area contributed by atoms with E-state index in [-0.39, 0.29) is 5.91 Å². The summed E-state index contributed by atoms with van der Waals surface area (Å²) in [5.74, 6) is -0.763. The molecule has 0 bridgehead atoms. The van der Waals surface area contributed by atoms with Crippen LogP contribution in [0, 0.1) is 13.8 Å². The molecule has 36 heavy (non-hydrogen) atoms. The minimum absolute atomic E-state index is 0.317. The Morgan fingerprint density at radius 3 is 2.39 bits per heavy atom. The van der Waals surface area contributed by atoms with Gasteiger partial charge in [-0.05, 0) is 50.2 Å². The lowest BCUT2D eigenvalue weighted by atomic mass is 10.1. The highest BCUT2D eigenvalue weighted by atomic mass is 35.5. The normalized spacial score (nSPS) is 11.0. The van der Waals surface area contributed by atoms with Gasteiger partial charge in [0.05, 0.1) is 39.0 Å². The van der Waals surface area contributed by atoms with Crippen LogP contribution in [0.5, 0.6) is 0 Å². The van der Waals surface area contributed by atoms with Crippen LogP contribution in [0.1, 0.15) is 31.4 Å². The van der Waals surface area contributed by atoms with Crippen LogP contribution in [0.25, 0.3) is 15.8 Å². The Morgan fingerprint density at radius 1 is 0.889 bits per heavy atom. The number of nitrogens with one attached hydrogen (secondary N) is 2. The first-order valence-electron chi connectivity index (χ1n) is 11.0. The van der Waals surface area contributed by atoms with Gasteiger partial charge in [-0.3, -0.25) is 9.59 Å². The van der Waals surface area contributed by atoms with Crippen LogP contribution in [0.2, 0.25) is 10.0 Å². The summed E-state index contributed by atoms with van der Waals surface area (Å²) < 4.78 is 2.60. The van der Waals surface area contributed by atoms with Crippen molar-refractivity contribution in [2.24, 2.45) is 0 Å². The number of nitrogens with zero attached hydrogens (tertiary/aromatic N) is 2. The number of hydrogen-bond acceptors (Lipinski definition) is 4. The number of para-hydroxylation sites is 2. The lowest BCUT2D eigenvalue weighted by molar-refractivity contribution is 0.102. The summed E-state index contributed by atoms with van der Waals surface area (Å²) >= 11 is 13.8. The van der Waals surface area contributed by atoms with Gasteiger partial charge in [0.15, 0.2) is 0 Å². The molecule has 5 aromatic rings. The van der Waals surface area contributed by atoms with Gasteiger partial charge in [-0.25, -0.2) is 4.68 Å². The van der Waals surface area contributed by atoms with E-state index in [1.807, 2.05) is 44.2 Å². The SMILES string of the molecule is Cc1nn(-c2ccccc2)c(C)c1NC(=O)c1ccccc1NC(=O)c1sc2cc(Cl)ccc2c1Cl. The predicted octanol–water partition coefficient (Wildman–Crippen LogP) is 7.52. The first-order valence-corrected chi connectivity index (χ1v) is 12.6. The van der Waals surface area contributed by atoms with E-state index in [1.165, 1.54) is 11.3 Å². The van der Waals surface area contributed by atoms with Crippen molar-refractivity contribution in [3.63, 3.8) is 0 Å². The highest BCUT2D eigenvalue weighted by Crippen LogP contribution is 2.37. The zero-order valence-corrected chi connectivity index (χ0v) is 21.6. The Bertz CT molecular complexity index is 1630. The fourth-order valence-corrected chi connectivity index (χ4v) is 5.67. The lowest BCUT2D eigenvalue weighted by Gasteiger charge is -2.12. The summed E-state index contributed by atoms with van der Waals surface area (Å²) in [5, 5.41) is 12.1. The average molecular weight is 535 g/mol. The number of rotatable bonds is 5. The van der Waals surface area contributed by atoms with Crippen molar-refractivity contribution in [2.45, 2.75) is 13.8 Å². The molecule has 0 saturated carbocycles. The molecule has 180 valence electrons. The molecule has 2 heterocycles. The molecule has 2 amide bonds. The molecule has 0 aliphatic heterocycles. The first kappa shape index (κ1) is 24.1. The third-order valence-electron chi connectivity index (χ3n) is 5.75. The fourth-order valence-electron chi connectivity index (χ4n) is 3.98. The largest absolute Gasteiger partial charge is 0.320 e. The summed E-state index contributed by atoms with van der Waals surface area (Å²) in [7, 11) is 0.